The van der Waals surface area contributed by atoms with E-state index in [-0.39, 0.29) is 48.9 Å². The van der Waals surface area contributed by atoms with Crippen molar-refractivity contribution >= 4 is 40.6 Å². The maximum Gasteiger partial charge on any atom is 0.288 e. The molecule has 2 aliphatic rings. The molecule has 1 saturated heterocycles. The van der Waals surface area contributed by atoms with Crippen LogP contribution in [0, 0.1) is 6.92 Å². The lowest BCUT2D eigenvalue weighted by Gasteiger charge is -2.15. The van der Waals surface area contributed by atoms with Crippen LogP contribution in [0.2, 0.25) is 0 Å². The van der Waals surface area contributed by atoms with Crippen molar-refractivity contribution in [1.29, 1.82) is 0 Å². The summed E-state index contributed by atoms with van der Waals surface area (Å²) < 4.78 is 0. The minimum atomic E-state index is -0.400. The number of nitrogens with zero attached hydrogens (tertiary/aromatic N) is 2. The number of imide groups is 2. The van der Waals surface area contributed by atoms with Gasteiger partial charge in [-0.25, -0.2) is 0 Å². The normalized spacial score (nSPS) is 16.5. The molecule has 2 aliphatic heterocycles. The Bertz CT molecular complexity index is 807. The van der Waals surface area contributed by atoms with E-state index < -0.39 is 11.8 Å². The SMILES string of the molecule is Cc1ccc2c(c1)C(=O)N(CCC(=O)NCCN1C(=O)CSC1=O)C2=O. The highest BCUT2D eigenvalue weighted by molar-refractivity contribution is 8.14. The fourth-order valence-electron chi connectivity index (χ4n) is 2.81. The van der Waals surface area contributed by atoms with Crippen molar-refractivity contribution < 1.29 is 24.0 Å². The Labute approximate surface area is 153 Å². The van der Waals surface area contributed by atoms with Gasteiger partial charge in [0.1, 0.15) is 0 Å². The van der Waals surface area contributed by atoms with Crippen molar-refractivity contribution in [2.75, 3.05) is 25.4 Å². The zero-order chi connectivity index (χ0) is 18.8. The molecule has 1 fully saturated rings. The molecule has 1 N–H and O–H groups in total. The summed E-state index contributed by atoms with van der Waals surface area (Å²) in [6.07, 6.45) is -0.0406. The number of thioether (sulfide) groups is 1. The summed E-state index contributed by atoms with van der Waals surface area (Å²) in [6.45, 7) is 2.07. The number of nitrogens with one attached hydrogen (secondary N) is 1. The third kappa shape index (κ3) is 3.48. The van der Waals surface area contributed by atoms with Gasteiger partial charge in [0.2, 0.25) is 11.8 Å². The zero-order valence-electron chi connectivity index (χ0n) is 14.1. The van der Waals surface area contributed by atoms with E-state index in [2.05, 4.69) is 5.32 Å². The minimum absolute atomic E-state index is 0.0192. The summed E-state index contributed by atoms with van der Waals surface area (Å²) in [6, 6.07) is 5.05. The summed E-state index contributed by atoms with van der Waals surface area (Å²) in [5.41, 5.74) is 1.59. The number of hydrogen-bond acceptors (Lipinski definition) is 6. The lowest BCUT2D eigenvalue weighted by atomic mass is 10.1. The first-order valence-corrected chi connectivity index (χ1v) is 9.07. The van der Waals surface area contributed by atoms with Crippen LogP contribution in [-0.2, 0) is 9.59 Å². The molecule has 0 atom stereocenters. The highest BCUT2D eigenvalue weighted by Gasteiger charge is 2.35. The molecular weight excluding hydrogens is 358 g/mol. The van der Waals surface area contributed by atoms with Crippen LogP contribution in [0.4, 0.5) is 4.79 Å². The standard InChI is InChI=1S/C17H17N3O5S/c1-10-2-3-11-12(8-10)16(24)20(15(11)23)6-4-13(21)18-5-7-19-14(22)9-26-17(19)25/h2-3,8H,4-7,9H2,1H3,(H,18,21). The Kier molecular flexibility index (Phi) is 5.08. The number of hydrogen-bond donors (Lipinski definition) is 1. The number of rotatable bonds is 6. The summed E-state index contributed by atoms with van der Waals surface area (Å²) in [5.74, 6) is -1.29. The van der Waals surface area contributed by atoms with E-state index in [0.29, 0.717) is 11.1 Å². The largest absolute Gasteiger partial charge is 0.354 e. The van der Waals surface area contributed by atoms with Crippen LogP contribution >= 0.6 is 11.8 Å². The predicted octanol–water partition coefficient (Wildman–Crippen LogP) is 0.793. The second kappa shape index (κ2) is 7.28. The molecule has 0 unspecified atom stereocenters. The third-order valence-electron chi connectivity index (χ3n) is 4.19. The van der Waals surface area contributed by atoms with Crippen LogP contribution in [0.15, 0.2) is 18.2 Å². The third-order valence-corrected chi connectivity index (χ3v) is 5.05. The van der Waals surface area contributed by atoms with Crippen LogP contribution in [0.1, 0.15) is 32.7 Å². The van der Waals surface area contributed by atoms with Crippen LogP contribution in [0.5, 0.6) is 0 Å². The van der Waals surface area contributed by atoms with Crippen LogP contribution in [-0.4, -0.2) is 64.1 Å². The molecule has 5 amide bonds. The maximum absolute atomic E-state index is 12.3. The van der Waals surface area contributed by atoms with Crippen molar-refractivity contribution in [3.8, 4) is 0 Å². The summed E-state index contributed by atoms with van der Waals surface area (Å²) in [7, 11) is 0. The molecule has 2 heterocycles. The number of carbonyl (C=O) groups excluding carboxylic acids is 5. The monoisotopic (exact) mass is 375 g/mol. The Morgan fingerprint density at radius 3 is 2.50 bits per heavy atom. The average Bonchev–Trinajstić information content (AvgIpc) is 3.04. The van der Waals surface area contributed by atoms with Gasteiger partial charge >= 0.3 is 0 Å². The van der Waals surface area contributed by atoms with Crippen LogP contribution in [0.3, 0.4) is 0 Å². The van der Waals surface area contributed by atoms with E-state index in [9.17, 15) is 24.0 Å². The molecule has 0 bridgehead atoms. The number of amides is 5. The Balaban J connectivity index is 1.48. The fourth-order valence-corrected chi connectivity index (χ4v) is 3.57. The molecule has 0 spiro atoms. The van der Waals surface area contributed by atoms with E-state index in [1.165, 1.54) is 0 Å². The minimum Gasteiger partial charge on any atom is -0.354 e. The van der Waals surface area contributed by atoms with Crippen molar-refractivity contribution in [3.05, 3.63) is 34.9 Å². The smallest absolute Gasteiger partial charge is 0.288 e. The lowest BCUT2D eigenvalue weighted by molar-refractivity contribution is -0.125. The zero-order valence-corrected chi connectivity index (χ0v) is 14.9. The van der Waals surface area contributed by atoms with Gasteiger partial charge in [-0.3, -0.25) is 33.8 Å². The van der Waals surface area contributed by atoms with E-state index in [1.54, 1.807) is 18.2 Å². The van der Waals surface area contributed by atoms with E-state index >= 15 is 0 Å². The molecular formula is C17H17N3O5S. The molecule has 8 nitrogen and oxygen atoms in total. The average molecular weight is 375 g/mol. The number of carbonyl (C=O) groups is 5. The van der Waals surface area contributed by atoms with Gasteiger partial charge in [-0.05, 0) is 19.1 Å². The second-order valence-electron chi connectivity index (χ2n) is 6.01. The van der Waals surface area contributed by atoms with Crippen molar-refractivity contribution in [1.82, 2.24) is 15.1 Å². The maximum atomic E-state index is 12.3. The number of benzene rings is 1. The van der Waals surface area contributed by atoms with Gasteiger partial charge in [0.25, 0.3) is 17.1 Å². The molecule has 0 aromatic heterocycles. The molecule has 1 aromatic rings. The summed E-state index contributed by atoms with van der Waals surface area (Å²) >= 11 is 0.938. The molecule has 1 aromatic carbocycles. The van der Waals surface area contributed by atoms with Gasteiger partial charge in [0.15, 0.2) is 0 Å². The summed E-state index contributed by atoms with van der Waals surface area (Å²) in [4.78, 5) is 61.6. The molecule has 0 aliphatic carbocycles. The molecule has 136 valence electrons. The van der Waals surface area contributed by atoms with Crippen LogP contribution < -0.4 is 5.32 Å². The molecule has 0 saturated carbocycles. The molecule has 26 heavy (non-hydrogen) atoms. The summed E-state index contributed by atoms with van der Waals surface area (Å²) in [5, 5.41) is 2.28. The quantitative estimate of drug-likeness (QED) is 0.738. The number of fused-ring (bicyclic) bond motifs is 1. The van der Waals surface area contributed by atoms with E-state index in [1.807, 2.05) is 6.92 Å². The molecule has 9 heteroatoms. The van der Waals surface area contributed by atoms with Gasteiger partial charge in [-0.2, -0.15) is 0 Å². The van der Waals surface area contributed by atoms with Gasteiger partial charge < -0.3 is 5.32 Å². The van der Waals surface area contributed by atoms with Gasteiger partial charge in [-0.1, -0.05) is 23.4 Å². The first-order chi connectivity index (χ1) is 12.4. The Morgan fingerprint density at radius 2 is 1.81 bits per heavy atom. The van der Waals surface area contributed by atoms with Crippen molar-refractivity contribution in [3.63, 3.8) is 0 Å². The molecule has 0 radical (unpaired) electrons. The van der Waals surface area contributed by atoms with Crippen molar-refractivity contribution in [2.24, 2.45) is 0 Å². The van der Waals surface area contributed by atoms with E-state index in [4.69, 9.17) is 0 Å². The van der Waals surface area contributed by atoms with Crippen molar-refractivity contribution in [2.45, 2.75) is 13.3 Å². The lowest BCUT2D eigenvalue weighted by Crippen LogP contribution is -2.39. The first-order valence-electron chi connectivity index (χ1n) is 8.09. The number of aryl methyl sites for hydroxylation is 1. The van der Waals surface area contributed by atoms with Gasteiger partial charge in [0, 0.05) is 26.1 Å². The fraction of sp³-hybridized carbons (Fsp3) is 0.353. The molecule has 3 rings (SSSR count). The highest BCUT2D eigenvalue weighted by Crippen LogP contribution is 2.24. The van der Waals surface area contributed by atoms with Crippen LogP contribution in [0.25, 0.3) is 0 Å². The topological polar surface area (TPSA) is 104 Å². The highest BCUT2D eigenvalue weighted by atomic mass is 32.2. The Morgan fingerprint density at radius 1 is 1.08 bits per heavy atom. The van der Waals surface area contributed by atoms with Gasteiger partial charge in [0.05, 0.1) is 16.9 Å². The van der Waals surface area contributed by atoms with E-state index in [0.717, 1.165) is 27.1 Å². The van der Waals surface area contributed by atoms with Gasteiger partial charge in [-0.15, -0.1) is 0 Å². The predicted molar refractivity (Wildman–Crippen MR) is 93.7 cm³/mol. The Hall–Kier alpha value is -2.68. The second-order valence-corrected chi connectivity index (χ2v) is 6.94. The first kappa shape index (κ1) is 18.1.